The van der Waals surface area contributed by atoms with E-state index < -0.39 is 0 Å². The summed E-state index contributed by atoms with van der Waals surface area (Å²) in [5.74, 6) is 2.20. The van der Waals surface area contributed by atoms with Crippen molar-refractivity contribution >= 4 is 34.4 Å². The SMILES string of the molecule is COc1cccc(-c2nc(CSc3nnc(C)s3)cs2)c1OC. The number of hydrogen-bond acceptors (Lipinski definition) is 8. The molecule has 0 fully saturated rings. The van der Waals surface area contributed by atoms with Crippen LogP contribution in [-0.2, 0) is 5.75 Å². The first-order valence-corrected chi connectivity index (χ1v) is 9.48. The molecule has 0 spiro atoms. The first-order valence-electron chi connectivity index (χ1n) is 6.80. The normalized spacial score (nSPS) is 10.7. The molecule has 0 aliphatic heterocycles. The zero-order valence-corrected chi connectivity index (χ0v) is 15.3. The van der Waals surface area contributed by atoms with Gasteiger partial charge in [-0.15, -0.1) is 21.5 Å². The van der Waals surface area contributed by atoms with Gasteiger partial charge in [-0.3, -0.25) is 0 Å². The number of methoxy groups -OCH3 is 2. The number of rotatable bonds is 6. The minimum absolute atomic E-state index is 0.709. The maximum Gasteiger partial charge on any atom is 0.174 e. The molecule has 0 N–H and O–H groups in total. The molecule has 0 saturated heterocycles. The van der Waals surface area contributed by atoms with E-state index in [2.05, 4.69) is 15.6 Å². The number of thioether (sulfide) groups is 1. The van der Waals surface area contributed by atoms with Crippen LogP contribution in [0.4, 0.5) is 0 Å². The number of ether oxygens (including phenoxy) is 2. The molecule has 2 aromatic heterocycles. The fraction of sp³-hybridized carbons (Fsp3) is 0.267. The highest BCUT2D eigenvalue weighted by Gasteiger charge is 2.14. The lowest BCUT2D eigenvalue weighted by Gasteiger charge is -2.10. The second-order valence-corrected chi connectivity index (χ2v) is 7.82. The maximum absolute atomic E-state index is 5.48. The van der Waals surface area contributed by atoms with Crippen LogP contribution < -0.4 is 9.47 Å². The largest absolute Gasteiger partial charge is 0.493 e. The molecule has 0 amide bonds. The monoisotopic (exact) mass is 365 g/mol. The molecule has 3 rings (SSSR count). The van der Waals surface area contributed by atoms with Gasteiger partial charge in [0.05, 0.1) is 25.5 Å². The summed E-state index contributed by atoms with van der Waals surface area (Å²) in [6, 6.07) is 5.81. The fourth-order valence-corrected chi connectivity index (χ4v) is 4.68. The molecule has 120 valence electrons. The Morgan fingerprint density at radius 1 is 1.17 bits per heavy atom. The molecular weight excluding hydrogens is 350 g/mol. The van der Waals surface area contributed by atoms with Crippen molar-refractivity contribution in [1.82, 2.24) is 15.2 Å². The van der Waals surface area contributed by atoms with Gasteiger partial charge in [0.15, 0.2) is 15.8 Å². The van der Waals surface area contributed by atoms with Gasteiger partial charge in [0.25, 0.3) is 0 Å². The molecule has 0 aliphatic carbocycles. The number of hydrogen-bond donors (Lipinski definition) is 0. The van der Waals surface area contributed by atoms with Crippen LogP contribution in [0.15, 0.2) is 27.9 Å². The quantitative estimate of drug-likeness (QED) is 0.608. The summed E-state index contributed by atoms with van der Waals surface area (Å²) in [6.45, 7) is 1.96. The second-order valence-electron chi connectivity index (χ2n) is 4.56. The number of thiazole rings is 1. The Labute approximate surface area is 146 Å². The van der Waals surface area contributed by atoms with Crippen LogP contribution in [0.5, 0.6) is 11.5 Å². The van der Waals surface area contributed by atoms with Crippen LogP contribution in [0.3, 0.4) is 0 Å². The van der Waals surface area contributed by atoms with Gasteiger partial charge in [-0.1, -0.05) is 29.2 Å². The third-order valence-corrected chi connectivity index (χ3v) is 5.97. The topological polar surface area (TPSA) is 57.1 Å². The van der Waals surface area contributed by atoms with Gasteiger partial charge in [0.1, 0.15) is 10.0 Å². The Morgan fingerprint density at radius 3 is 2.74 bits per heavy atom. The molecule has 23 heavy (non-hydrogen) atoms. The van der Waals surface area contributed by atoms with Gasteiger partial charge in [0.2, 0.25) is 0 Å². The van der Waals surface area contributed by atoms with Crippen molar-refractivity contribution in [2.24, 2.45) is 0 Å². The van der Waals surface area contributed by atoms with E-state index in [0.717, 1.165) is 31.4 Å². The van der Waals surface area contributed by atoms with Crippen molar-refractivity contribution in [1.29, 1.82) is 0 Å². The average Bonchev–Trinajstić information content (AvgIpc) is 3.20. The van der Waals surface area contributed by atoms with E-state index in [1.807, 2.05) is 25.1 Å². The van der Waals surface area contributed by atoms with Gasteiger partial charge in [-0.25, -0.2) is 4.98 Å². The van der Waals surface area contributed by atoms with Crippen molar-refractivity contribution in [2.75, 3.05) is 14.2 Å². The Morgan fingerprint density at radius 2 is 2.04 bits per heavy atom. The molecule has 0 bridgehead atoms. The van der Waals surface area contributed by atoms with Crippen LogP contribution in [-0.4, -0.2) is 29.4 Å². The smallest absolute Gasteiger partial charge is 0.174 e. The standard InChI is InChI=1S/C15H15N3O2S3/c1-9-17-18-15(23-9)22-8-10-7-21-14(16-10)11-5-4-6-12(19-2)13(11)20-3/h4-7H,8H2,1-3H3. The van der Waals surface area contributed by atoms with Crippen LogP contribution >= 0.6 is 34.4 Å². The summed E-state index contributed by atoms with van der Waals surface area (Å²) in [4.78, 5) is 4.70. The second kappa shape index (κ2) is 7.29. The summed E-state index contributed by atoms with van der Waals surface area (Å²) in [6.07, 6.45) is 0. The average molecular weight is 366 g/mol. The summed E-state index contributed by atoms with van der Waals surface area (Å²) < 4.78 is 11.8. The molecule has 0 unspecified atom stereocenters. The summed E-state index contributed by atoms with van der Waals surface area (Å²) in [7, 11) is 3.28. The number of aryl methyl sites for hydroxylation is 1. The van der Waals surface area contributed by atoms with Crippen LogP contribution in [0.2, 0.25) is 0 Å². The predicted molar refractivity (Wildman–Crippen MR) is 94.9 cm³/mol. The number of benzene rings is 1. The van der Waals surface area contributed by atoms with E-state index in [1.54, 1.807) is 48.7 Å². The lowest BCUT2D eigenvalue weighted by molar-refractivity contribution is 0.356. The summed E-state index contributed by atoms with van der Waals surface area (Å²) >= 11 is 4.85. The Balaban J connectivity index is 1.79. The van der Waals surface area contributed by atoms with Crippen LogP contribution in [0, 0.1) is 6.92 Å². The molecule has 0 aliphatic rings. The Bertz CT molecular complexity index is 801. The highest BCUT2D eigenvalue weighted by atomic mass is 32.2. The predicted octanol–water partition coefficient (Wildman–Crippen LogP) is 4.28. The van der Waals surface area contributed by atoms with E-state index in [9.17, 15) is 0 Å². The van der Waals surface area contributed by atoms with Crippen molar-refractivity contribution in [3.63, 3.8) is 0 Å². The minimum atomic E-state index is 0.709. The van der Waals surface area contributed by atoms with Gasteiger partial charge in [0, 0.05) is 11.1 Å². The van der Waals surface area contributed by atoms with Crippen molar-refractivity contribution in [3.8, 4) is 22.1 Å². The van der Waals surface area contributed by atoms with Crippen molar-refractivity contribution in [3.05, 3.63) is 34.3 Å². The molecule has 1 aromatic carbocycles. The third-order valence-electron chi connectivity index (χ3n) is 3.04. The molecule has 0 atom stereocenters. The van der Waals surface area contributed by atoms with E-state index in [4.69, 9.17) is 14.5 Å². The van der Waals surface area contributed by atoms with Gasteiger partial charge < -0.3 is 9.47 Å². The summed E-state index contributed by atoms with van der Waals surface area (Å²) in [5.41, 5.74) is 1.97. The van der Waals surface area contributed by atoms with Crippen LogP contribution in [0.1, 0.15) is 10.7 Å². The summed E-state index contributed by atoms with van der Waals surface area (Å²) in [5, 5.41) is 12.1. The maximum atomic E-state index is 5.48. The van der Waals surface area contributed by atoms with Gasteiger partial charge in [-0.05, 0) is 19.1 Å². The van der Waals surface area contributed by atoms with Crippen molar-refractivity contribution < 1.29 is 9.47 Å². The first kappa shape index (κ1) is 16.2. The highest BCUT2D eigenvalue weighted by Crippen LogP contribution is 2.39. The first-order chi connectivity index (χ1) is 11.2. The lowest BCUT2D eigenvalue weighted by Crippen LogP contribution is -1.93. The molecule has 5 nitrogen and oxygen atoms in total. The zero-order valence-electron chi connectivity index (χ0n) is 12.9. The Kier molecular flexibility index (Phi) is 5.14. The molecule has 3 aromatic rings. The number of nitrogens with zero attached hydrogens (tertiary/aromatic N) is 3. The van der Waals surface area contributed by atoms with E-state index in [-0.39, 0.29) is 0 Å². The van der Waals surface area contributed by atoms with E-state index in [0.29, 0.717) is 11.5 Å². The molecule has 8 heteroatoms. The minimum Gasteiger partial charge on any atom is -0.493 e. The molecular formula is C15H15N3O2S3. The number of aromatic nitrogens is 3. The lowest BCUT2D eigenvalue weighted by atomic mass is 10.2. The zero-order chi connectivity index (χ0) is 16.2. The van der Waals surface area contributed by atoms with Crippen LogP contribution in [0.25, 0.3) is 10.6 Å². The van der Waals surface area contributed by atoms with Gasteiger partial charge in [-0.2, -0.15) is 0 Å². The van der Waals surface area contributed by atoms with E-state index >= 15 is 0 Å². The third kappa shape index (κ3) is 3.65. The highest BCUT2D eigenvalue weighted by molar-refractivity contribution is 8.00. The molecule has 0 saturated carbocycles. The van der Waals surface area contributed by atoms with E-state index in [1.165, 1.54) is 0 Å². The molecule has 2 heterocycles. The molecule has 0 radical (unpaired) electrons. The Hall–Kier alpha value is -1.64. The van der Waals surface area contributed by atoms with Crippen molar-refractivity contribution in [2.45, 2.75) is 17.0 Å². The number of para-hydroxylation sites is 1. The van der Waals surface area contributed by atoms with Gasteiger partial charge >= 0.3 is 0 Å². The fourth-order valence-electron chi connectivity index (χ4n) is 2.02.